The molecular weight excluding hydrogens is 206 g/mol. The predicted molar refractivity (Wildman–Crippen MR) is 68.5 cm³/mol. The Hall–Kier alpha value is 0.270. The molecule has 2 nitrogen and oxygen atoms in total. The molecule has 1 aliphatic heterocycles. The van der Waals surface area contributed by atoms with Gasteiger partial charge in [-0.15, -0.1) is 0 Å². The lowest BCUT2D eigenvalue weighted by atomic mass is 9.75. The molecule has 1 fully saturated rings. The smallest absolute Gasteiger partial charge is 0.0438 e. The highest BCUT2D eigenvalue weighted by atomic mass is 32.2. The maximum atomic E-state index is 8.64. The highest BCUT2D eigenvalue weighted by Gasteiger charge is 2.38. The molecule has 1 saturated heterocycles. The van der Waals surface area contributed by atoms with Gasteiger partial charge in [-0.1, -0.05) is 13.8 Å². The number of aliphatic hydroxyl groups is 1. The van der Waals surface area contributed by atoms with Crippen LogP contribution in [-0.4, -0.2) is 47.8 Å². The van der Waals surface area contributed by atoms with Gasteiger partial charge in [0.1, 0.15) is 0 Å². The Morgan fingerprint density at radius 2 is 1.87 bits per heavy atom. The Bertz CT molecular complexity index is 163. The first-order valence-electron chi connectivity index (χ1n) is 6.17. The molecule has 0 atom stereocenters. The van der Waals surface area contributed by atoms with Crippen LogP contribution in [0.3, 0.4) is 0 Å². The average molecular weight is 231 g/mol. The van der Waals surface area contributed by atoms with E-state index in [4.69, 9.17) is 5.11 Å². The lowest BCUT2D eigenvalue weighted by molar-refractivity contribution is -0.000732. The molecule has 0 bridgehead atoms. The number of likely N-dealkylation sites (tertiary alicyclic amines) is 1. The number of rotatable bonds is 8. The molecule has 1 heterocycles. The fourth-order valence-corrected chi connectivity index (χ4v) is 3.14. The molecule has 0 aromatic heterocycles. The van der Waals surface area contributed by atoms with E-state index >= 15 is 0 Å². The van der Waals surface area contributed by atoms with Crippen LogP contribution in [0.2, 0.25) is 0 Å². The molecule has 0 spiro atoms. The summed E-state index contributed by atoms with van der Waals surface area (Å²) in [4.78, 5) is 2.57. The van der Waals surface area contributed by atoms with Crippen LogP contribution in [0.1, 0.15) is 33.1 Å². The number of thioether (sulfide) groups is 1. The van der Waals surface area contributed by atoms with E-state index in [1.54, 1.807) is 0 Å². The van der Waals surface area contributed by atoms with Crippen LogP contribution in [0.25, 0.3) is 0 Å². The summed E-state index contributed by atoms with van der Waals surface area (Å²) in [5.74, 6) is 2.33. The van der Waals surface area contributed by atoms with E-state index in [9.17, 15) is 0 Å². The van der Waals surface area contributed by atoms with Gasteiger partial charge in [0.2, 0.25) is 0 Å². The fourth-order valence-electron chi connectivity index (χ4n) is 2.22. The first-order valence-corrected chi connectivity index (χ1v) is 7.33. The van der Waals surface area contributed by atoms with Gasteiger partial charge in [0.15, 0.2) is 0 Å². The van der Waals surface area contributed by atoms with Gasteiger partial charge in [-0.2, -0.15) is 11.8 Å². The van der Waals surface area contributed by atoms with Crippen LogP contribution in [-0.2, 0) is 0 Å². The van der Waals surface area contributed by atoms with Crippen molar-refractivity contribution in [3.05, 3.63) is 0 Å². The lowest BCUT2D eigenvalue weighted by Crippen LogP contribution is -2.56. The molecule has 0 aliphatic carbocycles. The van der Waals surface area contributed by atoms with Crippen molar-refractivity contribution in [3.63, 3.8) is 0 Å². The van der Waals surface area contributed by atoms with Crippen LogP contribution >= 0.6 is 11.8 Å². The standard InChI is InChI=1S/C12H25NOS/c1-3-12(4-2)10-13(11-12)6-9-15-8-5-7-14/h14H,3-11H2,1-2H3. The van der Waals surface area contributed by atoms with Crippen molar-refractivity contribution in [2.45, 2.75) is 33.1 Å². The summed E-state index contributed by atoms with van der Waals surface area (Å²) in [5.41, 5.74) is 0.649. The largest absolute Gasteiger partial charge is 0.396 e. The molecule has 3 heteroatoms. The summed E-state index contributed by atoms with van der Waals surface area (Å²) in [5, 5.41) is 8.64. The summed E-state index contributed by atoms with van der Waals surface area (Å²) >= 11 is 1.97. The molecule has 1 N–H and O–H groups in total. The van der Waals surface area contributed by atoms with E-state index in [0.717, 1.165) is 12.2 Å². The van der Waals surface area contributed by atoms with Gasteiger partial charge in [0.05, 0.1) is 0 Å². The minimum atomic E-state index is 0.339. The molecule has 90 valence electrons. The van der Waals surface area contributed by atoms with E-state index < -0.39 is 0 Å². The Kier molecular flexibility index (Phi) is 6.02. The molecule has 0 radical (unpaired) electrons. The van der Waals surface area contributed by atoms with Crippen LogP contribution < -0.4 is 0 Å². The topological polar surface area (TPSA) is 23.5 Å². The summed E-state index contributed by atoms with van der Waals surface area (Å²) in [6, 6.07) is 0. The lowest BCUT2D eigenvalue weighted by Gasteiger charge is -2.50. The van der Waals surface area contributed by atoms with Crippen LogP contribution in [0, 0.1) is 5.41 Å². The minimum Gasteiger partial charge on any atom is -0.396 e. The molecule has 0 aromatic carbocycles. The molecule has 1 aliphatic rings. The zero-order valence-electron chi connectivity index (χ0n) is 10.2. The Labute approximate surface area is 98.4 Å². The van der Waals surface area contributed by atoms with Gasteiger partial charge < -0.3 is 10.0 Å². The molecule has 0 saturated carbocycles. The third-order valence-corrected chi connectivity index (χ3v) is 4.67. The summed E-state index contributed by atoms with van der Waals surface area (Å²) in [6.45, 7) is 8.82. The van der Waals surface area contributed by atoms with Crippen molar-refractivity contribution in [2.75, 3.05) is 37.7 Å². The summed E-state index contributed by atoms with van der Waals surface area (Å²) in [7, 11) is 0. The third kappa shape index (κ3) is 3.97. The molecule has 15 heavy (non-hydrogen) atoms. The van der Waals surface area contributed by atoms with Gasteiger partial charge in [0.25, 0.3) is 0 Å². The van der Waals surface area contributed by atoms with Crippen molar-refractivity contribution < 1.29 is 5.11 Å². The SMILES string of the molecule is CCC1(CC)CN(CCSCCCO)C1. The predicted octanol–water partition coefficient (Wildman–Crippen LogP) is 2.22. The zero-order valence-corrected chi connectivity index (χ0v) is 11.0. The Balaban J connectivity index is 1.98. The van der Waals surface area contributed by atoms with E-state index in [1.807, 2.05) is 11.8 Å². The average Bonchev–Trinajstić information content (AvgIpc) is 2.21. The second-order valence-electron chi connectivity index (χ2n) is 4.61. The van der Waals surface area contributed by atoms with Crippen LogP contribution in [0.4, 0.5) is 0 Å². The molecule has 0 aromatic rings. The van der Waals surface area contributed by atoms with Crippen LogP contribution in [0.5, 0.6) is 0 Å². The van der Waals surface area contributed by atoms with Crippen molar-refractivity contribution in [2.24, 2.45) is 5.41 Å². The number of aliphatic hydroxyl groups excluding tert-OH is 1. The second-order valence-corrected chi connectivity index (χ2v) is 5.83. The number of nitrogens with zero attached hydrogens (tertiary/aromatic N) is 1. The second kappa shape index (κ2) is 6.77. The minimum absolute atomic E-state index is 0.339. The first kappa shape index (κ1) is 13.3. The third-order valence-electron chi connectivity index (χ3n) is 3.62. The van der Waals surface area contributed by atoms with Gasteiger partial charge in [-0.25, -0.2) is 0 Å². The summed E-state index contributed by atoms with van der Waals surface area (Å²) < 4.78 is 0. The van der Waals surface area contributed by atoms with E-state index in [1.165, 1.54) is 38.2 Å². The Morgan fingerprint density at radius 3 is 2.40 bits per heavy atom. The maximum absolute atomic E-state index is 8.64. The highest BCUT2D eigenvalue weighted by molar-refractivity contribution is 7.99. The number of hydrogen-bond acceptors (Lipinski definition) is 3. The van der Waals surface area contributed by atoms with Gasteiger partial charge in [-0.3, -0.25) is 0 Å². The van der Waals surface area contributed by atoms with E-state index in [0.29, 0.717) is 12.0 Å². The normalized spacial score (nSPS) is 20.2. The van der Waals surface area contributed by atoms with Gasteiger partial charge in [0, 0.05) is 32.0 Å². The van der Waals surface area contributed by atoms with Crippen molar-refractivity contribution in [1.29, 1.82) is 0 Å². The van der Waals surface area contributed by atoms with Crippen molar-refractivity contribution >= 4 is 11.8 Å². The van der Waals surface area contributed by atoms with Gasteiger partial charge in [-0.05, 0) is 30.4 Å². The highest BCUT2D eigenvalue weighted by Crippen LogP contribution is 2.36. The number of hydrogen-bond donors (Lipinski definition) is 1. The molecule has 0 unspecified atom stereocenters. The monoisotopic (exact) mass is 231 g/mol. The van der Waals surface area contributed by atoms with Crippen molar-refractivity contribution in [3.8, 4) is 0 Å². The summed E-state index contributed by atoms with van der Waals surface area (Å²) in [6.07, 6.45) is 3.60. The van der Waals surface area contributed by atoms with Crippen molar-refractivity contribution in [1.82, 2.24) is 4.90 Å². The van der Waals surface area contributed by atoms with E-state index in [2.05, 4.69) is 18.7 Å². The molecular formula is C12H25NOS. The molecule has 0 amide bonds. The van der Waals surface area contributed by atoms with Gasteiger partial charge >= 0.3 is 0 Å². The van der Waals surface area contributed by atoms with E-state index in [-0.39, 0.29) is 0 Å². The van der Waals surface area contributed by atoms with Crippen LogP contribution in [0.15, 0.2) is 0 Å². The molecule has 1 rings (SSSR count). The fraction of sp³-hybridized carbons (Fsp3) is 1.00. The maximum Gasteiger partial charge on any atom is 0.0438 e. The quantitative estimate of drug-likeness (QED) is 0.648. The Morgan fingerprint density at radius 1 is 1.20 bits per heavy atom. The zero-order chi connectivity index (χ0) is 11.1. The first-order chi connectivity index (χ1) is 7.26.